The van der Waals surface area contributed by atoms with Crippen LogP contribution in [0.5, 0.6) is 0 Å². The Morgan fingerprint density at radius 2 is 1.33 bits per heavy atom. The van der Waals surface area contributed by atoms with Gasteiger partial charge in [0.1, 0.15) is 0 Å². The number of hydrogen-bond acceptors (Lipinski definition) is 1. The first kappa shape index (κ1) is 26.5. The molecular weight excluding hydrogens is 359 g/mol. The number of hydrogen-bond donors (Lipinski definition) is 1. The van der Waals surface area contributed by atoms with Crippen LogP contribution in [0.1, 0.15) is 92.4 Å². The molecule has 0 heterocycles. The molecule has 0 aliphatic carbocycles. The van der Waals surface area contributed by atoms with E-state index >= 15 is 0 Å². The van der Waals surface area contributed by atoms with Crippen LogP contribution in [0.3, 0.4) is 0 Å². The van der Waals surface area contributed by atoms with E-state index in [1.165, 1.54) is 51.0 Å². The molecular formula is C20H38BrLiO2. The summed E-state index contributed by atoms with van der Waals surface area (Å²) in [5.74, 6) is 1.65. The summed E-state index contributed by atoms with van der Waals surface area (Å²) in [7, 11) is 0. The Bertz CT molecular complexity index is 330. The third-order valence-corrected chi connectivity index (χ3v) is 4.51. The van der Waals surface area contributed by atoms with E-state index in [1.54, 1.807) is 0 Å². The van der Waals surface area contributed by atoms with Crippen LogP contribution in [0.15, 0.2) is 11.6 Å². The molecule has 0 saturated carbocycles. The summed E-state index contributed by atoms with van der Waals surface area (Å²) in [5.41, 5.74) is 0.985. The van der Waals surface area contributed by atoms with E-state index in [1.807, 2.05) is 22.7 Å². The van der Waals surface area contributed by atoms with Gasteiger partial charge in [-0.1, -0.05) is 78.2 Å². The monoisotopic (exact) mass is 396 g/mol. The maximum atomic E-state index is 10.5. The average molecular weight is 397 g/mol. The van der Waals surface area contributed by atoms with Crippen LogP contribution < -0.4 is 0 Å². The van der Waals surface area contributed by atoms with Gasteiger partial charge in [-0.3, -0.25) is 0 Å². The number of rotatable bonds is 13. The van der Waals surface area contributed by atoms with Gasteiger partial charge in [-0.2, -0.15) is 0 Å². The number of carbonyl (C=O) groups is 1. The van der Waals surface area contributed by atoms with Crippen molar-refractivity contribution in [3.63, 3.8) is 0 Å². The first-order valence-corrected chi connectivity index (χ1v) is 11.2. The normalized spacial score (nSPS) is 14.1. The molecule has 0 spiro atoms. The maximum absolute atomic E-state index is 10.5. The fraction of sp³-hybridized carbons (Fsp3) is 0.850. The molecule has 0 amide bonds. The molecule has 0 aromatic carbocycles. The number of carboxylic acids is 1. The molecule has 0 fully saturated rings. The van der Waals surface area contributed by atoms with Crippen LogP contribution in [0, 0.1) is 17.8 Å². The third kappa shape index (κ3) is 20.3. The van der Waals surface area contributed by atoms with Crippen LogP contribution in [0.4, 0.5) is 0 Å². The zero-order valence-electron chi connectivity index (χ0n) is 16.9. The Balaban J connectivity index is 0. The average Bonchev–Trinajstić information content (AvgIpc) is 2.48. The second kappa shape index (κ2) is 18.1. The second-order valence-electron chi connectivity index (χ2n) is 7.69. The van der Waals surface area contributed by atoms with Gasteiger partial charge < -0.3 is 5.11 Å². The SMILES string of the molecule is C/C(=C\C(=O)O)CCC[C@H](C)CCC[C@H](C)CCCC(C)C.[Li][Br]. The van der Waals surface area contributed by atoms with Gasteiger partial charge >= 0.3 is 35.5 Å². The number of allylic oxidation sites excluding steroid dienone is 1. The van der Waals surface area contributed by atoms with Crippen LogP contribution in [-0.4, -0.2) is 26.9 Å². The van der Waals surface area contributed by atoms with Gasteiger partial charge in [0.2, 0.25) is 0 Å². The molecule has 0 bridgehead atoms. The standard InChI is InChI=1S/C20H38O2.BrH.Li/c1-16(2)9-6-10-17(3)11-7-12-18(4)13-8-14-19(5)15-20(21)22;;/h15-18H,6-14H2,1-5H3,(H,21,22);1H;/q;;+1/p-1/b19-15+;;/t17-,18-;;/m1../s1. The predicted molar refractivity (Wildman–Crippen MR) is 111 cm³/mol. The minimum atomic E-state index is -0.822. The molecule has 1 N–H and O–H groups in total. The number of aliphatic carboxylic acids is 1. The molecule has 0 saturated heterocycles. The minimum absolute atomic E-state index is 0.764. The van der Waals surface area contributed by atoms with Crippen LogP contribution in [0.25, 0.3) is 0 Å². The first-order valence-electron chi connectivity index (χ1n) is 9.59. The fourth-order valence-electron chi connectivity index (χ4n) is 2.99. The van der Waals surface area contributed by atoms with Gasteiger partial charge in [0.05, 0.1) is 0 Å². The van der Waals surface area contributed by atoms with Crippen molar-refractivity contribution in [3.05, 3.63) is 11.6 Å². The Kier molecular flexibility index (Phi) is 20.0. The summed E-state index contributed by atoms with van der Waals surface area (Å²) in [4.78, 5) is 10.5. The fourth-order valence-corrected chi connectivity index (χ4v) is 2.99. The number of halogens is 1. The van der Waals surface area contributed by atoms with Crippen molar-refractivity contribution < 1.29 is 9.90 Å². The van der Waals surface area contributed by atoms with Crippen molar-refractivity contribution in [3.8, 4) is 0 Å². The molecule has 2 nitrogen and oxygen atoms in total. The van der Waals surface area contributed by atoms with E-state index in [0.717, 1.165) is 36.2 Å². The quantitative estimate of drug-likeness (QED) is 0.270. The van der Waals surface area contributed by atoms with Crippen molar-refractivity contribution in [2.24, 2.45) is 17.8 Å². The van der Waals surface area contributed by atoms with Crippen LogP contribution in [0.2, 0.25) is 0 Å². The molecule has 0 aromatic heterocycles. The zero-order valence-corrected chi connectivity index (χ0v) is 18.5. The Labute approximate surface area is 166 Å². The van der Waals surface area contributed by atoms with E-state index in [-0.39, 0.29) is 0 Å². The Morgan fingerprint density at radius 3 is 1.75 bits per heavy atom. The van der Waals surface area contributed by atoms with Gasteiger partial charge in [-0.05, 0) is 37.5 Å². The van der Waals surface area contributed by atoms with E-state index < -0.39 is 5.97 Å². The van der Waals surface area contributed by atoms with Crippen LogP contribution in [-0.2, 0) is 4.79 Å². The van der Waals surface area contributed by atoms with E-state index in [2.05, 4.69) is 41.4 Å². The first-order chi connectivity index (χ1) is 11.3. The summed E-state index contributed by atoms with van der Waals surface area (Å²) in [6.07, 6.45) is 12.7. The van der Waals surface area contributed by atoms with Crippen molar-refractivity contribution in [2.75, 3.05) is 0 Å². The molecule has 0 aliphatic rings. The molecule has 0 radical (unpaired) electrons. The summed E-state index contributed by atoms with van der Waals surface area (Å²) in [5, 5.41) is 8.68. The topological polar surface area (TPSA) is 37.3 Å². The van der Waals surface area contributed by atoms with E-state index in [0.29, 0.717) is 0 Å². The Morgan fingerprint density at radius 1 is 0.917 bits per heavy atom. The molecule has 4 heteroatoms. The molecule has 0 unspecified atom stereocenters. The van der Waals surface area contributed by atoms with E-state index in [4.69, 9.17) is 5.11 Å². The summed E-state index contributed by atoms with van der Waals surface area (Å²) in [6, 6.07) is 0. The van der Waals surface area contributed by atoms with Crippen molar-refractivity contribution in [1.29, 1.82) is 0 Å². The van der Waals surface area contributed by atoms with Gasteiger partial charge in [0.15, 0.2) is 0 Å². The second-order valence-corrected chi connectivity index (χ2v) is 7.69. The Hall–Kier alpha value is 0.287. The molecule has 0 aromatic rings. The van der Waals surface area contributed by atoms with Crippen molar-refractivity contribution in [2.45, 2.75) is 92.4 Å². The van der Waals surface area contributed by atoms with Gasteiger partial charge in [0.25, 0.3) is 0 Å². The molecule has 138 valence electrons. The summed E-state index contributed by atoms with van der Waals surface area (Å²) in [6.45, 7) is 11.3. The predicted octanol–water partition coefficient (Wildman–Crippen LogP) is 6.92. The van der Waals surface area contributed by atoms with Gasteiger partial charge in [-0.25, -0.2) is 4.79 Å². The van der Waals surface area contributed by atoms with Crippen molar-refractivity contribution >= 4 is 35.5 Å². The zero-order chi connectivity index (χ0) is 19.0. The summed E-state index contributed by atoms with van der Waals surface area (Å²) < 4.78 is 0. The van der Waals surface area contributed by atoms with E-state index in [9.17, 15) is 4.79 Å². The molecule has 0 rings (SSSR count). The third-order valence-electron chi connectivity index (χ3n) is 4.51. The summed E-state index contributed by atoms with van der Waals surface area (Å²) >= 11 is 4.75. The molecule has 2 atom stereocenters. The van der Waals surface area contributed by atoms with Gasteiger partial charge in [0, 0.05) is 6.08 Å². The van der Waals surface area contributed by atoms with Crippen LogP contribution >= 0.6 is 13.7 Å². The molecule has 0 aliphatic heterocycles. The van der Waals surface area contributed by atoms with Gasteiger partial charge in [-0.15, -0.1) is 0 Å². The van der Waals surface area contributed by atoms with Crippen molar-refractivity contribution in [1.82, 2.24) is 0 Å². The molecule has 24 heavy (non-hydrogen) atoms. The number of carboxylic acid groups (broad SMARTS) is 1.